The summed E-state index contributed by atoms with van der Waals surface area (Å²) in [5, 5.41) is 2.94. The van der Waals surface area contributed by atoms with Crippen molar-refractivity contribution >= 4 is 17.5 Å². The monoisotopic (exact) mass is 368 g/mol. The Bertz CT molecular complexity index is 787. The van der Waals surface area contributed by atoms with Crippen LogP contribution in [0.2, 0.25) is 0 Å². The number of hydrogen-bond acceptors (Lipinski definition) is 4. The van der Waals surface area contributed by atoms with Gasteiger partial charge >= 0.3 is 0 Å². The molecule has 0 aliphatic carbocycles. The van der Waals surface area contributed by atoms with Gasteiger partial charge in [0.2, 0.25) is 5.91 Å². The number of amides is 2. The molecule has 142 valence electrons. The summed E-state index contributed by atoms with van der Waals surface area (Å²) in [7, 11) is 0. The molecule has 2 aromatic rings. The van der Waals surface area contributed by atoms with E-state index in [9.17, 15) is 9.59 Å². The van der Waals surface area contributed by atoms with Gasteiger partial charge in [0.05, 0.1) is 19.3 Å². The van der Waals surface area contributed by atoms with Crippen molar-refractivity contribution in [2.45, 2.75) is 26.3 Å². The largest absolute Gasteiger partial charge is 0.494 e. The van der Waals surface area contributed by atoms with Gasteiger partial charge in [-0.05, 0) is 62.4 Å². The zero-order valence-electron chi connectivity index (χ0n) is 15.6. The first-order valence-electron chi connectivity index (χ1n) is 9.17. The average Bonchev–Trinajstić information content (AvgIpc) is 3.03. The summed E-state index contributed by atoms with van der Waals surface area (Å²) in [5.41, 5.74) is 1.35. The Labute approximate surface area is 159 Å². The summed E-state index contributed by atoms with van der Waals surface area (Å²) < 4.78 is 10.8. The molecule has 0 aromatic heterocycles. The SMILES string of the molecule is CCOc1ccc(C(=O)N[C@@H]2CC(=O)N(c3ccc(OCC)cc3)C2)cc1. The molecule has 6 heteroatoms. The third-order valence-electron chi connectivity index (χ3n) is 4.35. The molecule has 27 heavy (non-hydrogen) atoms. The van der Waals surface area contributed by atoms with Gasteiger partial charge in [-0.3, -0.25) is 9.59 Å². The second kappa shape index (κ2) is 8.58. The summed E-state index contributed by atoms with van der Waals surface area (Å²) in [5.74, 6) is 1.31. The van der Waals surface area contributed by atoms with E-state index in [4.69, 9.17) is 9.47 Å². The molecule has 1 saturated heterocycles. The minimum Gasteiger partial charge on any atom is -0.494 e. The molecular formula is C21H24N2O4. The molecule has 0 saturated carbocycles. The van der Waals surface area contributed by atoms with Gasteiger partial charge in [-0.2, -0.15) is 0 Å². The smallest absolute Gasteiger partial charge is 0.251 e. The number of ether oxygens (including phenoxy) is 2. The van der Waals surface area contributed by atoms with E-state index in [0.717, 1.165) is 17.2 Å². The lowest BCUT2D eigenvalue weighted by Crippen LogP contribution is -2.37. The Kier molecular flexibility index (Phi) is 5.96. The first kappa shape index (κ1) is 18.8. The second-order valence-electron chi connectivity index (χ2n) is 6.26. The average molecular weight is 368 g/mol. The van der Waals surface area contributed by atoms with E-state index < -0.39 is 0 Å². The van der Waals surface area contributed by atoms with Gasteiger partial charge in [0, 0.05) is 24.2 Å². The molecule has 0 spiro atoms. The number of benzene rings is 2. The Morgan fingerprint density at radius 1 is 1.00 bits per heavy atom. The van der Waals surface area contributed by atoms with Crippen molar-refractivity contribution < 1.29 is 19.1 Å². The van der Waals surface area contributed by atoms with E-state index in [1.165, 1.54) is 0 Å². The van der Waals surface area contributed by atoms with Crippen LogP contribution >= 0.6 is 0 Å². The predicted octanol–water partition coefficient (Wildman–Crippen LogP) is 3.02. The highest BCUT2D eigenvalue weighted by atomic mass is 16.5. The zero-order chi connectivity index (χ0) is 19.2. The van der Waals surface area contributed by atoms with E-state index in [-0.39, 0.29) is 24.3 Å². The van der Waals surface area contributed by atoms with Crippen molar-refractivity contribution in [3.63, 3.8) is 0 Å². The maximum absolute atomic E-state index is 12.4. The van der Waals surface area contributed by atoms with E-state index >= 15 is 0 Å². The quantitative estimate of drug-likeness (QED) is 0.816. The van der Waals surface area contributed by atoms with Gasteiger partial charge in [-0.1, -0.05) is 0 Å². The Balaban J connectivity index is 1.60. The van der Waals surface area contributed by atoms with Gasteiger partial charge in [0.15, 0.2) is 0 Å². The molecule has 1 atom stereocenters. The van der Waals surface area contributed by atoms with E-state index in [1.807, 2.05) is 38.1 Å². The maximum atomic E-state index is 12.4. The van der Waals surface area contributed by atoms with Gasteiger partial charge in [-0.15, -0.1) is 0 Å². The summed E-state index contributed by atoms with van der Waals surface area (Å²) in [4.78, 5) is 26.5. The molecule has 0 radical (unpaired) electrons. The standard InChI is InChI=1S/C21H24N2O4/c1-3-26-18-9-5-15(6-10-18)21(25)22-16-13-20(24)23(14-16)17-7-11-19(12-8-17)27-4-2/h5-12,16H,3-4,13-14H2,1-2H3,(H,22,25)/t16-/m1/s1. The van der Waals surface area contributed by atoms with Crippen molar-refractivity contribution in [2.75, 3.05) is 24.7 Å². The zero-order valence-corrected chi connectivity index (χ0v) is 15.6. The molecule has 3 rings (SSSR count). The normalized spacial score (nSPS) is 16.3. The fourth-order valence-electron chi connectivity index (χ4n) is 3.08. The highest BCUT2D eigenvalue weighted by Crippen LogP contribution is 2.24. The topological polar surface area (TPSA) is 67.9 Å². The Morgan fingerprint density at radius 3 is 2.11 bits per heavy atom. The molecule has 0 unspecified atom stereocenters. The lowest BCUT2D eigenvalue weighted by molar-refractivity contribution is -0.117. The van der Waals surface area contributed by atoms with Crippen LogP contribution in [0, 0.1) is 0 Å². The number of carbonyl (C=O) groups is 2. The Hall–Kier alpha value is -3.02. The third-order valence-corrected chi connectivity index (χ3v) is 4.35. The molecular weight excluding hydrogens is 344 g/mol. The number of anilines is 1. The number of nitrogens with zero attached hydrogens (tertiary/aromatic N) is 1. The lowest BCUT2D eigenvalue weighted by Gasteiger charge is -2.18. The number of nitrogens with one attached hydrogen (secondary N) is 1. The number of hydrogen-bond donors (Lipinski definition) is 1. The van der Waals surface area contributed by atoms with E-state index in [2.05, 4.69) is 5.32 Å². The molecule has 2 amide bonds. The van der Waals surface area contributed by atoms with E-state index in [0.29, 0.717) is 25.3 Å². The fourth-order valence-corrected chi connectivity index (χ4v) is 3.08. The minimum absolute atomic E-state index is 0.00356. The van der Waals surface area contributed by atoms with Gasteiger partial charge in [0.1, 0.15) is 11.5 Å². The summed E-state index contributed by atoms with van der Waals surface area (Å²) in [6.07, 6.45) is 0.288. The van der Waals surface area contributed by atoms with Gasteiger partial charge in [0.25, 0.3) is 5.91 Å². The van der Waals surface area contributed by atoms with Crippen LogP contribution in [-0.2, 0) is 4.79 Å². The highest BCUT2D eigenvalue weighted by molar-refractivity contribution is 5.99. The van der Waals surface area contributed by atoms with Crippen molar-refractivity contribution in [1.29, 1.82) is 0 Å². The molecule has 1 fully saturated rings. The molecule has 1 heterocycles. The first-order valence-corrected chi connectivity index (χ1v) is 9.17. The Morgan fingerprint density at radius 2 is 1.56 bits per heavy atom. The minimum atomic E-state index is -0.219. The second-order valence-corrected chi connectivity index (χ2v) is 6.26. The predicted molar refractivity (Wildman–Crippen MR) is 103 cm³/mol. The molecule has 1 N–H and O–H groups in total. The third kappa shape index (κ3) is 4.58. The number of rotatable bonds is 7. The molecule has 1 aliphatic rings. The van der Waals surface area contributed by atoms with Gasteiger partial charge in [-0.25, -0.2) is 0 Å². The highest BCUT2D eigenvalue weighted by Gasteiger charge is 2.31. The van der Waals surface area contributed by atoms with Crippen molar-refractivity contribution in [2.24, 2.45) is 0 Å². The van der Waals surface area contributed by atoms with Crippen LogP contribution < -0.4 is 19.7 Å². The lowest BCUT2D eigenvalue weighted by atomic mass is 10.2. The van der Waals surface area contributed by atoms with Gasteiger partial charge < -0.3 is 19.7 Å². The van der Waals surface area contributed by atoms with Crippen LogP contribution in [0.25, 0.3) is 0 Å². The van der Waals surface area contributed by atoms with Crippen LogP contribution in [-0.4, -0.2) is 37.6 Å². The van der Waals surface area contributed by atoms with Crippen LogP contribution in [0.3, 0.4) is 0 Å². The maximum Gasteiger partial charge on any atom is 0.251 e. The first-order chi connectivity index (χ1) is 13.1. The van der Waals surface area contributed by atoms with Crippen LogP contribution in [0.5, 0.6) is 11.5 Å². The molecule has 0 bridgehead atoms. The fraction of sp³-hybridized carbons (Fsp3) is 0.333. The molecule has 2 aromatic carbocycles. The summed E-state index contributed by atoms with van der Waals surface area (Å²) in [6, 6.07) is 14.2. The van der Waals surface area contributed by atoms with E-state index in [1.54, 1.807) is 29.2 Å². The molecule has 6 nitrogen and oxygen atoms in total. The summed E-state index contributed by atoms with van der Waals surface area (Å²) in [6.45, 7) is 5.47. The molecule has 1 aliphatic heterocycles. The van der Waals surface area contributed by atoms with Crippen molar-refractivity contribution in [1.82, 2.24) is 5.32 Å². The van der Waals surface area contributed by atoms with Crippen LogP contribution in [0.15, 0.2) is 48.5 Å². The van der Waals surface area contributed by atoms with Crippen molar-refractivity contribution in [3.8, 4) is 11.5 Å². The summed E-state index contributed by atoms with van der Waals surface area (Å²) >= 11 is 0. The van der Waals surface area contributed by atoms with Crippen molar-refractivity contribution in [3.05, 3.63) is 54.1 Å². The van der Waals surface area contributed by atoms with Crippen LogP contribution in [0.1, 0.15) is 30.6 Å². The number of carbonyl (C=O) groups excluding carboxylic acids is 2. The van der Waals surface area contributed by atoms with Crippen LogP contribution in [0.4, 0.5) is 5.69 Å².